The molecular weight excluding hydrogens is 284 g/mol. The number of amides is 1. The smallest absolute Gasteiger partial charge is 0.252 e. The van der Waals surface area contributed by atoms with E-state index in [1.54, 1.807) is 12.1 Å². The Kier molecular flexibility index (Phi) is 5.13. The Morgan fingerprint density at radius 1 is 1.32 bits per heavy atom. The first-order valence-electron chi connectivity index (χ1n) is 7.59. The summed E-state index contributed by atoms with van der Waals surface area (Å²) in [4.78, 5) is 12.6. The lowest BCUT2D eigenvalue weighted by Gasteiger charge is -2.31. The number of ether oxygens (including phenoxy) is 3. The maximum Gasteiger partial charge on any atom is 0.252 e. The molecule has 122 valence electrons. The van der Waals surface area contributed by atoms with Crippen molar-refractivity contribution in [1.82, 2.24) is 5.32 Å². The van der Waals surface area contributed by atoms with E-state index in [1.807, 2.05) is 13.8 Å². The van der Waals surface area contributed by atoms with Crippen molar-refractivity contribution < 1.29 is 19.0 Å². The molecule has 22 heavy (non-hydrogen) atoms. The molecule has 0 saturated heterocycles. The number of methoxy groups -OCH3 is 1. The molecule has 0 bridgehead atoms. The Balaban J connectivity index is 2.30. The topological polar surface area (TPSA) is 82.8 Å². The van der Waals surface area contributed by atoms with Gasteiger partial charge in [0.2, 0.25) is 5.75 Å². The molecular formula is C16H24N2O4. The Morgan fingerprint density at radius 2 is 2.00 bits per heavy atom. The van der Waals surface area contributed by atoms with Crippen LogP contribution in [0.3, 0.4) is 0 Å². The molecule has 0 radical (unpaired) electrons. The number of carbonyl (C=O) groups excluding carboxylic acids is 1. The Morgan fingerprint density at radius 3 is 2.59 bits per heavy atom. The summed E-state index contributed by atoms with van der Waals surface area (Å²) in [6, 6.07) is 3.34. The van der Waals surface area contributed by atoms with Crippen LogP contribution < -0.4 is 25.3 Å². The van der Waals surface area contributed by atoms with Gasteiger partial charge < -0.3 is 25.3 Å². The highest BCUT2D eigenvalue weighted by atomic mass is 16.6. The molecule has 0 spiro atoms. The Labute approximate surface area is 130 Å². The van der Waals surface area contributed by atoms with Gasteiger partial charge in [0.15, 0.2) is 11.5 Å². The van der Waals surface area contributed by atoms with Gasteiger partial charge in [-0.3, -0.25) is 4.79 Å². The van der Waals surface area contributed by atoms with E-state index < -0.39 is 5.54 Å². The number of benzene rings is 1. The van der Waals surface area contributed by atoms with Crippen LogP contribution in [0, 0.1) is 0 Å². The van der Waals surface area contributed by atoms with Crippen LogP contribution in [0.2, 0.25) is 0 Å². The van der Waals surface area contributed by atoms with Gasteiger partial charge in [-0.1, -0.05) is 13.8 Å². The van der Waals surface area contributed by atoms with Gasteiger partial charge in [0, 0.05) is 12.1 Å². The molecule has 3 N–H and O–H groups in total. The van der Waals surface area contributed by atoms with E-state index in [2.05, 4.69) is 5.32 Å². The Hall–Kier alpha value is -1.95. The predicted molar refractivity (Wildman–Crippen MR) is 83.8 cm³/mol. The maximum atomic E-state index is 12.6. The molecule has 1 aromatic rings. The van der Waals surface area contributed by atoms with E-state index in [4.69, 9.17) is 19.9 Å². The van der Waals surface area contributed by atoms with E-state index in [0.29, 0.717) is 42.6 Å². The third-order valence-corrected chi connectivity index (χ3v) is 4.21. The molecule has 0 aromatic heterocycles. The minimum Gasteiger partial charge on any atom is -0.493 e. The minimum absolute atomic E-state index is 0.190. The predicted octanol–water partition coefficient (Wildman–Crippen LogP) is 1.71. The normalized spacial score (nSPS) is 13.6. The molecule has 1 aliphatic rings. The van der Waals surface area contributed by atoms with E-state index in [9.17, 15) is 4.79 Å². The van der Waals surface area contributed by atoms with Gasteiger partial charge in [0.25, 0.3) is 5.91 Å². The third-order valence-electron chi connectivity index (χ3n) is 4.21. The van der Waals surface area contributed by atoms with Gasteiger partial charge >= 0.3 is 0 Å². The summed E-state index contributed by atoms with van der Waals surface area (Å²) in [6.07, 6.45) is 1.54. The third kappa shape index (κ3) is 3.11. The van der Waals surface area contributed by atoms with Crippen molar-refractivity contribution in [1.29, 1.82) is 0 Å². The second-order valence-corrected chi connectivity index (χ2v) is 5.35. The molecule has 0 atom stereocenters. The summed E-state index contributed by atoms with van der Waals surface area (Å²) in [5, 5.41) is 3.04. The van der Waals surface area contributed by atoms with Crippen LogP contribution in [0.15, 0.2) is 12.1 Å². The van der Waals surface area contributed by atoms with Crippen molar-refractivity contribution in [3.8, 4) is 17.2 Å². The molecule has 6 heteroatoms. The quantitative estimate of drug-likeness (QED) is 0.836. The fourth-order valence-electron chi connectivity index (χ4n) is 2.48. The second-order valence-electron chi connectivity index (χ2n) is 5.35. The summed E-state index contributed by atoms with van der Waals surface area (Å²) in [6.45, 7) is 5.35. The lowest BCUT2D eigenvalue weighted by atomic mass is 9.92. The summed E-state index contributed by atoms with van der Waals surface area (Å²) >= 11 is 0. The molecule has 1 aliphatic heterocycles. The monoisotopic (exact) mass is 308 g/mol. The van der Waals surface area contributed by atoms with Gasteiger partial charge in [0.1, 0.15) is 13.2 Å². The largest absolute Gasteiger partial charge is 0.493 e. The second kappa shape index (κ2) is 6.87. The summed E-state index contributed by atoms with van der Waals surface area (Å²) in [5.74, 6) is 1.38. The number of hydrogen-bond donors (Lipinski definition) is 2. The van der Waals surface area contributed by atoms with Crippen LogP contribution in [0.25, 0.3) is 0 Å². The summed E-state index contributed by atoms with van der Waals surface area (Å²) in [5.41, 5.74) is 5.92. The van der Waals surface area contributed by atoms with Crippen LogP contribution in [0.1, 0.15) is 37.0 Å². The molecule has 0 aliphatic carbocycles. The SMILES string of the molecule is CCC(CC)(CN)NC(=O)c1cc(OC)c2c(c1)OCCO2. The number of carbonyl (C=O) groups is 1. The van der Waals surface area contributed by atoms with Crippen molar-refractivity contribution in [2.75, 3.05) is 26.9 Å². The number of fused-ring (bicyclic) bond motifs is 1. The van der Waals surface area contributed by atoms with E-state index in [-0.39, 0.29) is 5.91 Å². The van der Waals surface area contributed by atoms with Gasteiger partial charge in [0.05, 0.1) is 12.6 Å². The van der Waals surface area contributed by atoms with Gasteiger partial charge in [-0.15, -0.1) is 0 Å². The molecule has 0 unspecified atom stereocenters. The van der Waals surface area contributed by atoms with Gasteiger partial charge in [-0.25, -0.2) is 0 Å². The van der Waals surface area contributed by atoms with Gasteiger partial charge in [-0.05, 0) is 25.0 Å². The summed E-state index contributed by atoms with van der Waals surface area (Å²) in [7, 11) is 1.54. The van der Waals surface area contributed by atoms with Crippen LogP contribution in [0.4, 0.5) is 0 Å². The average molecular weight is 308 g/mol. The fraction of sp³-hybridized carbons (Fsp3) is 0.562. The van der Waals surface area contributed by atoms with E-state index >= 15 is 0 Å². The first-order chi connectivity index (χ1) is 10.6. The van der Waals surface area contributed by atoms with Crippen LogP contribution in [-0.2, 0) is 0 Å². The van der Waals surface area contributed by atoms with Crippen molar-refractivity contribution in [2.45, 2.75) is 32.2 Å². The number of rotatable bonds is 6. The molecule has 1 aromatic carbocycles. The minimum atomic E-state index is -0.391. The number of hydrogen-bond acceptors (Lipinski definition) is 5. The molecule has 1 heterocycles. The molecule has 0 saturated carbocycles. The molecule has 6 nitrogen and oxygen atoms in total. The highest BCUT2D eigenvalue weighted by Crippen LogP contribution is 2.40. The lowest BCUT2D eigenvalue weighted by Crippen LogP contribution is -2.52. The molecule has 0 fully saturated rings. The first-order valence-corrected chi connectivity index (χ1v) is 7.59. The van der Waals surface area contributed by atoms with Crippen LogP contribution in [-0.4, -0.2) is 38.3 Å². The van der Waals surface area contributed by atoms with Crippen molar-refractivity contribution in [2.24, 2.45) is 5.73 Å². The maximum absolute atomic E-state index is 12.6. The standard InChI is InChI=1S/C16H24N2O4/c1-4-16(5-2,10-17)18-15(19)11-8-12(20-3)14-13(9-11)21-6-7-22-14/h8-9H,4-7,10,17H2,1-3H3,(H,18,19). The lowest BCUT2D eigenvalue weighted by molar-refractivity contribution is 0.0893. The highest BCUT2D eigenvalue weighted by Gasteiger charge is 2.28. The molecule has 1 amide bonds. The van der Waals surface area contributed by atoms with Crippen LogP contribution in [0.5, 0.6) is 17.2 Å². The zero-order chi connectivity index (χ0) is 16.2. The van der Waals surface area contributed by atoms with Gasteiger partial charge in [-0.2, -0.15) is 0 Å². The van der Waals surface area contributed by atoms with Crippen molar-refractivity contribution in [3.63, 3.8) is 0 Å². The van der Waals surface area contributed by atoms with Crippen molar-refractivity contribution >= 4 is 5.91 Å². The van der Waals surface area contributed by atoms with E-state index in [0.717, 1.165) is 12.8 Å². The zero-order valence-corrected chi connectivity index (χ0v) is 13.4. The fourth-order valence-corrected chi connectivity index (χ4v) is 2.48. The van der Waals surface area contributed by atoms with Crippen molar-refractivity contribution in [3.05, 3.63) is 17.7 Å². The number of nitrogens with two attached hydrogens (primary N) is 1. The average Bonchev–Trinajstić information content (AvgIpc) is 2.58. The summed E-state index contributed by atoms with van der Waals surface area (Å²) < 4.78 is 16.4. The zero-order valence-electron chi connectivity index (χ0n) is 13.4. The first kappa shape index (κ1) is 16.4. The van der Waals surface area contributed by atoms with E-state index in [1.165, 1.54) is 7.11 Å². The highest BCUT2D eigenvalue weighted by molar-refractivity contribution is 5.96. The molecule has 2 rings (SSSR count). The van der Waals surface area contributed by atoms with Crippen LogP contribution >= 0.6 is 0 Å². The number of nitrogens with one attached hydrogen (secondary N) is 1. The Bertz CT molecular complexity index is 516.